The van der Waals surface area contributed by atoms with Crippen molar-refractivity contribution < 1.29 is 0 Å². The van der Waals surface area contributed by atoms with Crippen molar-refractivity contribution in [2.45, 2.75) is 27.2 Å². The van der Waals surface area contributed by atoms with Gasteiger partial charge in [0.15, 0.2) is 0 Å². The van der Waals surface area contributed by atoms with E-state index < -0.39 is 0 Å². The summed E-state index contributed by atoms with van der Waals surface area (Å²) < 4.78 is 0. The van der Waals surface area contributed by atoms with E-state index in [2.05, 4.69) is 4.99 Å². The van der Waals surface area contributed by atoms with Crippen LogP contribution in [0.4, 0.5) is 0 Å². The lowest BCUT2D eigenvalue weighted by Crippen LogP contribution is -1.95. The van der Waals surface area contributed by atoms with Crippen LogP contribution in [-0.4, -0.2) is 6.21 Å². The average molecular weight is 126 g/mol. The van der Waals surface area contributed by atoms with Crippen molar-refractivity contribution in [2.75, 3.05) is 0 Å². The predicted octanol–water partition coefficient (Wildman–Crippen LogP) is 1.68. The first kappa shape index (κ1) is 8.21. The van der Waals surface area contributed by atoms with Gasteiger partial charge < -0.3 is 5.73 Å². The van der Waals surface area contributed by atoms with Crippen LogP contribution in [0.15, 0.2) is 16.4 Å². The van der Waals surface area contributed by atoms with Gasteiger partial charge in [0, 0.05) is 6.21 Å². The first-order valence-electron chi connectivity index (χ1n) is 3.14. The summed E-state index contributed by atoms with van der Waals surface area (Å²) in [5.41, 5.74) is 6.55. The molecule has 0 saturated heterocycles. The van der Waals surface area contributed by atoms with Crippen molar-refractivity contribution in [3.8, 4) is 0 Å². The molecule has 0 amide bonds. The molecule has 0 aliphatic carbocycles. The summed E-state index contributed by atoms with van der Waals surface area (Å²) in [5.74, 6) is 0.636. The van der Waals surface area contributed by atoms with Gasteiger partial charge in [0.2, 0.25) is 0 Å². The molecular formula is C7H14N2. The third-order valence-corrected chi connectivity index (χ3v) is 0.925. The number of rotatable bonds is 2. The van der Waals surface area contributed by atoms with E-state index in [0.717, 1.165) is 12.0 Å². The van der Waals surface area contributed by atoms with Gasteiger partial charge in [-0.25, -0.2) is 4.99 Å². The fraction of sp³-hybridized carbons (Fsp3) is 0.571. The molecule has 52 valence electrons. The van der Waals surface area contributed by atoms with Crippen molar-refractivity contribution in [3.63, 3.8) is 0 Å². The maximum Gasteiger partial charge on any atom is 0.121 e. The van der Waals surface area contributed by atoms with E-state index in [9.17, 15) is 0 Å². The van der Waals surface area contributed by atoms with Crippen LogP contribution in [0, 0.1) is 0 Å². The van der Waals surface area contributed by atoms with Gasteiger partial charge in [-0.2, -0.15) is 0 Å². The third-order valence-electron chi connectivity index (χ3n) is 0.925. The minimum atomic E-state index is 0.636. The summed E-state index contributed by atoms with van der Waals surface area (Å²) in [6.45, 7) is 5.92. The zero-order valence-electron chi connectivity index (χ0n) is 6.31. The Balaban J connectivity index is 3.91. The first-order valence-corrected chi connectivity index (χ1v) is 3.14. The minimum Gasteiger partial charge on any atom is -0.384 e. The molecular weight excluding hydrogens is 112 g/mol. The molecule has 0 rings (SSSR count). The van der Waals surface area contributed by atoms with Crippen molar-refractivity contribution in [3.05, 3.63) is 11.4 Å². The lowest BCUT2D eigenvalue weighted by molar-refractivity contribution is 1.14. The first-order chi connectivity index (χ1) is 4.18. The fourth-order valence-corrected chi connectivity index (χ4v) is 0.319. The minimum absolute atomic E-state index is 0.636. The third kappa shape index (κ3) is 3.76. The predicted molar refractivity (Wildman–Crippen MR) is 41.3 cm³/mol. The monoisotopic (exact) mass is 126 g/mol. The molecule has 2 nitrogen and oxygen atoms in total. The standard InChI is InChI=1S/C7H14N2/c1-4-5-9-7(8)6(2)3/h5H,4,8H2,1-3H3. The Labute approximate surface area is 56.5 Å². The molecule has 0 heterocycles. The maximum atomic E-state index is 5.48. The zero-order chi connectivity index (χ0) is 7.28. The van der Waals surface area contributed by atoms with Crippen LogP contribution in [-0.2, 0) is 0 Å². The van der Waals surface area contributed by atoms with Gasteiger partial charge in [0.1, 0.15) is 5.82 Å². The van der Waals surface area contributed by atoms with Crippen LogP contribution in [0.25, 0.3) is 0 Å². The number of aliphatic imine (C=N–C) groups is 1. The summed E-state index contributed by atoms with van der Waals surface area (Å²) >= 11 is 0. The average Bonchev–Trinajstić information content (AvgIpc) is 1.82. The van der Waals surface area contributed by atoms with E-state index in [1.807, 2.05) is 27.0 Å². The van der Waals surface area contributed by atoms with E-state index in [0.29, 0.717) is 5.82 Å². The SMILES string of the molecule is CCC=NC(N)=C(C)C. The summed E-state index contributed by atoms with van der Waals surface area (Å²) in [4.78, 5) is 3.97. The molecule has 0 aromatic rings. The Morgan fingerprint density at radius 1 is 1.56 bits per heavy atom. The molecule has 2 N–H and O–H groups in total. The molecule has 0 atom stereocenters. The second-order valence-electron chi connectivity index (χ2n) is 2.11. The summed E-state index contributed by atoms with van der Waals surface area (Å²) in [5, 5.41) is 0. The van der Waals surface area contributed by atoms with Crippen molar-refractivity contribution >= 4 is 6.21 Å². The second kappa shape index (κ2) is 4.13. The molecule has 0 aromatic heterocycles. The normalized spacial score (nSPS) is 10.1. The summed E-state index contributed by atoms with van der Waals surface area (Å²) in [6.07, 6.45) is 2.75. The number of hydrogen-bond donors (Lipinski definition) is 1. The summed E-state index contributed by atoms with van der Waals surface area (Å²) in [7, 11) is 0. The Morgan fingerprint density at radius 3 is 2.44 bits per heavy atom. The molecule has 0 spiro atoms. The highest BCUT2D eigenvalue weighted by molar-refractivity contribution is 5.58. The Kier molecular flexibility index (Phi) is 3.76. The maximum absolute atomic E-state index is 5.48. The Bertz CT molecular complexity index is 130. The van der Waals surface area contributed by atoms with Gasteiger partial charge in [0.25, 0.3) is 0 Å². The largest absolute Gasteiger partial charge is 0.384 e. The van der Waals surface area contributed by atoms with Crippen molar-refractivity contribution in [1.82, 2.24) is 0 Å². The van der Waals surface area contributed by atoms with Crippen LogP contribution in [0.1, 0.15) is 27.2 Å². The van der Waals surface area contributed by atoms with Crippen LogP contribution in [0.3, 0.4) is 0 Å². The lowest BCUT2D eigenvalue weighted by Gasteiger charge is -1.92. The van der Waals surface area contributed by atoms with Crippen LogP contribution in [0.2, 0.25) is 0 Å². The highest BCUT2D eigenvalue weighted by Crippen LogP contribution is 1.95. The van der Waals surface area contributed by atoms with Crippen molar-refractivity contribution in [1.29, 1.82) is 0 Å². The molecule has 2 heteroatoms. The number of allylic oxidation sites excluding steroid dienone is 1. The lowest BCUT2D eigenvalue weighted by atomic mass is 10.3. The topological polar surface area (TPSA) is 38.4 Å². The van der Waals surface area contributed by atoms with E-state index in [4.69, 9.17) is 5.73 Å². The summed E-state index contributed by atoms with van der Waals surface area (Å²) in [6, 6.07) is 0. The molecule has 0 aliphatic rings. The fourth-order valence-electron chi connectivity index (χ4n) is 0.319. The molecule has 0 unspecified atom stereocenters. The number of nitrogens with zero attached hydrogens (tertiary/aromatic N) is 1. The molecule has 0 saturated carbocycles. The number of hydrogen-bond acceptors (Lipinski definition) is 2. The van der Waals surface area contributed by atoms with Gasteiger partial charge in [-0.3, -0.25) is 0 Å². The van der Waals surface area contributed by atoms with E-state index in [-0.39, 0.29) is 0 Å². The number of nitrogens with two attached hydrogens (primary N) is 1. The van der Waals surface area contributed by atoms with Crippen LogP contribution in [0.5, 0.6) is 0 Å². The Hall–Kier alpha value is -0.790. The smallest absolute Gasteiger partial charge is 0.121 e. The van der Waals surface area contributed by atoms with Gasteiger partial charge in [-0.05, 0) is 25.8 Å². The second-order valence-corrected chi connectivity index (χ2v) is 2.11. The molecule has 9 heavy (non-hydrogen) atoms. The molecule has 0 aromatic carbocycles. The molecule has 0 fully saturated rings. The van der Waals surface area contributed by atoms with E-state index in [1.165, 1.54) is 0 Å². The van der Waals surface area contributed by atoms with Crippen LogP contribution >= 0.6 is 0 Å². The van der Waals surface area contributed by atoms with Crippen molar-refractivity contribution in [2.24, 2.45) is 10.7 Å². The van der Waals surface area contributed by atoms with Crippen LogP contribution < -0.4 is 5.73 Å². The van der Waals surface area contributed by atoms with E-state index in [1.54, 1.807) is 0 Å². The highest BCUT2D eigenvalue weighted by atomic mass is 14.9. The van der Waals surface area contributed by atoms with Gasteiger partial charge in [0.05, 0.1) is 0 Å². The zero-order valence-corrected chi connectivity index (χ0v) is 6.31. The Morgan fingerprint density at radius 2 is 2.11 bits per heavy atom. The molecule has 0 radical (unpaired) electrons. The molecule has 0 bridgehead atoms. The highest BCUT2D eigenvalue weighted by Gasteiger charge is 1.83. The quantitative estimate of drug-likeness (QED) is 0.561. The van der Waals surface area contributed by atoms with Gasteiger partial charge in [-0.1, -0.05) is 6.92 Å². The van der Waals surface area contributed by atoms with E-state index >= 15 is 0 Å². The molecule has 0 aliphatic heterocycles. The van der Waals surface area contributed by atoms with Gasteiger partial charge in [-0.15, -0.1) is 0 Å². The van der Waals surface area contributed by atoms with Gasteiger partial charge >= 0.3 is 0 Å².